The average Bonchev–Trinajstić information content (AvgIpc) is 3.05. The number of hydrogen-bond acceptors (Lipinski definition) is 7. The predicted molar refractivity (Wildman–Crippen MR) is 199 cm³/mol. The summed E-state index contributed by atoms with van der Waals surface area (Å²) in [5.74, 6) is -1.82. The van der Waals surface area contributed by atoms with Crippen molar-refractivity contribution < 1.29 is 38.2 Å². The molecule has 0 rings (SSSR count). The molecular weight excluding hydrogens is 618 g/mol. The van der Waals surface area contributed by atoms with Gasteiger partial charge in [-0.15, -0.1) is 0 Å². The van der Waals surface area contributed by atoms with Crippen molar-refractivity contribution in [1.29, 1.82) is 0 Å². The molecule has 0 aromatic rings. The summed E-state index contributed by atoms with van der Waals surface area (Å²) >= 11 is 0. The summed E-state index contributed by atoms with van der Waals surface area (Å²) in [6.07, 6.45) is 35.8. The van der Waals surface area contributed by atoms with E-state index >= 15 is 0 Å². The number of likely N-dealkylation sites (N-methyl/N-ethyl adjacent to an activating group) is 1. The van der Waals surface area contributed by atoms with Crippen LogP contribution in [0.1, 0.15) is 142 Å². The SMILES string of the molecule is CCCCC/C=C/C/C=C/C/C=C/C/C=C/CCCC(=O)OC(COCCC(C(=O)[O-])[N+](C)(C)C)COC(=O)CCCCCCCCCC. The fourth-order valence-corrected chi connectivity index (χ4v) is 5.18. The van der Waals surface area contributed by atoms with E-state index in [4.69, 9.17) is 14.2 Å². The van der Waals surface area contributed by atoms with Gasteiger partial charge in [0, 0.05) is 19.3 Å². The third-order valence-corrected chi connectivity index (χ3v) is 8.22. The molecule has 0 saturated carbocycles. The topological polar surface area (TPSA) is 102 Å². The quantitative estimate of drug-likeness (QED) is 0.0295. The molecule has 0 radical (unpaired) electrons. The van der Waals surface area contributed by atoms with Gasteiger partial charge in [0.25, 0.3) is 0 Å². The number of unbranched alkanes of at least 4 members (excludes halogenated alkanes) is 11. The number of rotatable bonds is 33. The van der Waals surface area contributed by atoms with Crippen LogP contribution in [0.25, 0.3) is 0 Å². The Kier molecular flexibility index (Phi) is 30.7. The number of carbonyl (C=O) groups is 3. The van der Waals surface area contributed by atoms with Crippen molar-refractivity contribution in [3.63, 3.8) is 0 Å². The highest BCUT2D eigenvalue weighted by Crippen LogP contribution is 2.12. The molecule has 0 aliphatic carbocycles. The molecule has 8 heteroatoms. The lowest BCUT2D eigenvalue weighted by Gasteiger charge is -2.34. The predicted octanol–water partition coefficient (Wildman–Crippen LogP) is 8.35. The van der Waals surface area contributed by atoms with Crippen molar-refractivity contribution in [3.8, 4) is 0 Å². The fourth-order valence-electron chi connectivity index (χ4n) is 5.18. The minimum absolute atomic E-state index is 0.0187. The Hall–Kier alpha value is -2.71. The molecule has 0 N–H and O–H groups in total. The van der Waals surface area contributed by atoms with Gasteiger partial charge in [0.1, 0.15) is 12.6 Å². The minimum atomic E-state index is -1.14. The Morgan fingerprint density at radius 1 is 0.612 bits per heavy atom. The van der Waals surface area contributed by atoms with Crippen molar-refractivity contribution in [2.24, 2.45) is 0 Å². The Bertz CT molecular complexity index is 948. The van der Waals surface area contributed by atoms with Crippen molar-refractivity contribution in [3.05, 3.63) is 48.6 Å². The van der Waals surface area contributed by atoms with E-state index in [0.717, 1.165) is 44.9 Å². The number of carbonyl (C=O) groups excluding carboxylic acids is 3. The van der Waals surface area contributed by atoms with Crippen LogP contribution < -0.4 is 5.11 Å². The van der Waals surface area contributed by atoms with Gasteiger partial charge in [-0.1, -0.05) is 120 Å². The number of hydrogen-bond donors (Lipinski definition) is 0. The zero-order valence-corrected chi connectivity index (χ0v) is 31.8. The van der Waals surface area contributed by atoms with Crippen molar-refractivity contribution >= 4 is 17.9 Å². The molecule has 8 nitrogen and oxygen atoms in total. The molecule has 49 heavy (non-hydrogen) atoms. The first-order valence-corrected chi connectivity index (χ1v) is 19.2. The Labute approximate surface area is 299 Å². The molecule has 0 heterocycles. The number of esters is 2. The second kappa shape index (κ2) is 32.5. The molecule has 2 atom stereocenters. The molecule has 282 valence electrons. The summed E-state index contributed by atoms with van der Waals surface area (Å²) in [4.78, 5) is 36.5. The average molecular weight is 690 g/mol. The van der Waals surface area contributed by atoms with E-state index < -0.39 is 18.1 Å². The molecule has 0 aromatic heterocycles. The van der Waals surface area contributed by atoms with E-state index in [1.807, 2.05) is 0 Å². The second-order valence-electron chi connectivity index (χ2n) is 13.8. The van der Waals surface area contributed by atoms with Gasteiger partial charge in [0.2, 0.25) is 0 Å². The van der Waals surface area contributed by atoms with Crippen LogP contribution in [0.2, 0.25) is 0 Å². The molecule has 0 aliphatic rings. The fraction of sp³-hybridized carbons (Fsp3) is 0.732. The van der Waals surface area contributed by atoms with Crippen LogP contribution in [0.3, 0.4) is 0 Å². The lowest BCUT2D eigenvalue weighted by atomic mass is 10.1. The highest BCUT2D eigenvalue weighted by atomic mass is 16.6. The van der Waals surface area contributed by atoms with Crippen LogP contribution in [-0.2, 0) is 28.6 Å². The maximum Gasteiger partial charge on any atom is 0.306 e. The summed E-state index contributed by atoms with van der Waals surface area (Å²) in [5, 5.41) is 11.6. The monoisotopic (exact) mass is 690 g/mol. The maximum absolute atomic E-state index is 12.6. The lowest BCUT2D eigenvalue weighted by Crippen LogP contribution is -2.55. The molecule has 0 saturated heterocycles. The number of carboxylic acid groups (broad SMARTS) is 1. The third kappa shape index (κ3) is 31.0. The molecule has 0 bridgehead atoms. The van der Waals surface area contributed by atoms with Gasteiger partial charge in [0.15, 0.2) is 6.10 Å². The summed E-state index contributed by atoms with van der Waals surface area (Å²) in [7, 11) is 5.37. The summed E-state index contributed by atoms with van der Waals surface area (Å²) in [5.41, 5.74) is 0. The number of allylic oxidation sites excluding steroid dienone is 8. The normalized spacial score (nSPS) is 13.6. The van der Waals surface area contributed by atoms with Gasteiger partial charge in [0.05, 0.1) is 40.3 Å². The van der Waals surface area contributed by atoms with Crippen LogP contribution in [0, 0.1) is 0 Å². The lowest BCUT2D eigenvalue weighted by molar-refractivity contribution is -0.889. The van der Waals surface area contributed by atoms with Crippen LogP contribution >= 0.6 is 0 Å². The third-order valence-electron chi connectivity index (χ3n) is 8.22. The first kappa shape index (κ1) is 46.3. The van der Waals surface area contributed by atoms with Gasteiger partial charge < -0.3 is 28.6 Å². The highest BCUT2D eigenvalue weighted by molar-refractivity contribution is 5.70. The summed E-state index contributed by atoms with van der Waals surface area (Å²) in [6.45, 7) is 4.52. The number of carboxylic acids is 1. The Balaban J connectivity index is 4.51. The number of aliphatic carboxylic acids is 1. The zero-order valence-electron chi connectivity index (χ0n) is 31.8. The standard InChI is InChI=1S/C41H71NO7/c1-6-8-10-12-14-16-17-18-19-20-21-22-23-24-26-28-30-32-40(44)49-37(35-47-34-33-38(41(45)46)42(3,4)5)36-48-39(43)31-29-27-25-15-13-11-9-7-2/h14,16,18-19,21-22,24,26,37-38H,6-13,15,17,20,23,25,27-36H2,1-5H3/b16-14+,19-18+,22-21+,26-24+. The van der Waals surface area contributed by atoms with Gasteiger partial charge in [-0.3, -0.25) is 9.59 Å². The molecule has 0 aliphatic heterocycles. The zero-order chi connectivity index (χ0) is 36.4. The van der Waals surface area contributed by atoms with Gasteiger partial charge in [-0.2, -0.15) is 0 Å². The van der Waals surface area contributed by atoms with E-state index in [0.29, 0.717) is 12.8 Å². The van der Waals surface area contributed by atoms with E-state index in [1.54, 1.807) is 21.1 Å². The number of ether oxygens (including phenoxy) is 3. The van der Waals surface area contributed by atoms with Gasteiger partial charge in [-0.05, 0) is 51.4 Å². The first-order chi connectivity index (χ1) is 23.6. The number of quaternary nitrogens is 1. The Morgan fingerprint density at radius 3 is 1.65 bits per heavy atom. The van der Waals surface area contributed by atoms with Gasteiger partial charge in [-0.25, -0.2) is 0 Å². The summed E-state index contributed by atoms with van der Waals surface area (Å²) < 4.78 is 17.0. The van der Waals surface area contributed by atoms with Crippen molar-refractivity contribution in [1.82, 2.24) is 0 Å². The van der Waals surface area contributed by atoms with Crippen LogP contribution in [0.5, 0.6) is 0 Å². The van der Waals surface area contributed by atoms with Crippen LogP contribution in [0.4, 0.5) is 0 Å². The van der Waals surface area contributed by atoms with E-state index in [9.17, 15) is 19.5 Å². The summed E-state index contributed by atoms with van der Waals surface area (Å²) in [6, 6.07) is -0.733. The van der Waals surface area contributed by atoms with Crippen LogP contribution in [-0.4, -0.2) is 75.5 Å². The van der Waals surface area contributed by atoms with Crippen LogP contribution in [0.15, 0.2) is 48.6 Å². The second-order valence-corrected chi connectivity index (χ2v) is 13.8. The van der Waals surface area contributed by atoms with Gasteiger partial charge >= 0.3 is 11.9 Å². The van der Waals surface area contributed by atoms with Crippen molar-refractivity contribution in [2.45, 2.75) is 154 Å². The van der Waals surface area contributed by atoms with E-state index in [2.05, 4.69) is 62.5 Å². The maximum atomic E-state index is 12.6. The molecule has 2 unspecified atom stereocenters. The smallest absolute Gasteiger partial charge is 0.306 e. The first-order valence-electron chi connectivity index (χ1n) is 19.2. The minimum Gasteiger partial charge on any atom is -0.544 e. The van der Waals surface area contributed by atoms with Crippen molar-refractivity contribution in [2.75, 3.05) is 41.0 Å². The van der Waals surface area contributed by atoms with E-state index in [-0.39, 0.29) is 49.1 Å². The largest absolute Gasteiger partial charge is 0.544 e. The number of nitrogens with zero attached hydrogens (tertiary/aromatic N) is 1. The molecule has 0 aromatic carbocycles. The molecule has 0 fully saturated rings. The Morgan fingerprint density at radius 2 is 1.10 bits per heavy atom. The van der Waals surface area contributed by atoms with E-state index in [1.165, 1.54) is 57.8 Å². The molecule has 0 spiro atoms. The highest BCUT2D eigenvalue weighted by Gasteiger charge is 2.25. The molecule has 0 amide bonds. The molecular formula is C41H71NO7.